The second-order valence-corrected chi connectivity index (χ2v) is 14.3. The Morgan fingerprint density at radius 2 is 1.63 bits per heavy atom. The largest absolute Gasteiger partial charge is 0.437 e. The van der Waals surface area contributed by atoms with Crippen LogP contribution in [-0.2, 0) is 0 Å². The van der Waals surface area contributed by atoms with Gasteiger partial charge in [0, 0.05) is 40.6 Å². The lowest BCUT2D eigenvalue weighted by Gasteiger charge is -2.29. The Labute approximate surface area is 221 Å². The van der Waals surface area contributed by atoms with Crippen LogP contribution in [0.2, 0.25) is 18.1 Å². The van der Waals surface area contributed by atoms with Crippen LogP contribution in [0.3, 0.4) is 0 Å². The summed E-state index contributed by atoms with van der Waals surface area (Å²) >= 11 is 0. The molecular formula is C31H34N2OSi. The molecule has 3 nitrogen and oxygen atoms in total. The molecule has 2 aromatic carbocycles. The minimum absolute atomic E-state index is 0.0507. The minimum Gasteiger partial charge on any atom is -0.437 e. The second kappa shape index (κ2) is 9.08. The summed E-state index contributed by atoms with van der Waals surface area (Å²) in [7, 11) is -1.93. The van der Waals surface area contributed by atoms with Crippen LogP contribution in [0.4, 0.5) is 0 Å². The lowest BCUT2D eigenvalue weighted by molar-refractivity contribution is 0.653. The number of rotatable bonds is 6. The van der Waals surface area contributed by atoms with E-state index in [0.29, 0.717) is 33.2 Å². The fourth-order valence-corrected chi connectivity index (χ4v) is 8.79. The molecule has 0 spiro atoms. The van der Waals surface area contributed by atoms with Gasteiger partial charge in [0.2, 0.25) is 5.71 Å². The van der Waals surface area contributed by atoms with Crippen LogP contribution >= 0.6 is 0 Å². The predicted octanol–water partition coefficient (Wildman–Crippen LogP) is 8.35. The lowest BCUT2D eigenvalue weighted by atomic mass is 9.96. The van der Waals surface area contributed by atoms with Crippen LogP contribution in [-0.4, -0.2) is 18.0 Å². The maximum absolute atomic E-state index is 8.44. The Bertz CT molecular complexity index is 1840. The minimum atomic E-state index is -2.55. The molecule has 0 amide bonds. The third kappa shape index (κ3) is 3.90. The molecule has 5 rings (SSSR count). The first-order chi connectivity index (χ1) is 20.5. The normalized spacial score (nSPS) is 16.9. The van der Waals surface area contributed by atoms with Gasteiger partial charge in [-0.1, -0.05) is 74.4 Å². The van der Waals surface area contributed by atoms with E-state index >= 15 is 0 Å². The number of para-hydroxylation sites is 1. The Morgan fingerprint density at radius 1 is 0.800 bits per heavy atom. The van der Waals surface area contributed by atoms with E-state index in [-0.39, 0.29) is 28.1 Å². The molecule has 0 radical (unpaired) electrons. The summed E-state index contributed by atoms with van der Waals surface area (Å²) in [4.78, 5) is 8.74. The first-order valence-corrected chi connectivity index (χ1v) is 14.6. The van der Waals surface area contributed by atoms with E-state index < -0.39 is 28.6 Å². The summed E-state index contributed by atoms with van der Waals surface area (Å²) in [6.07, 6.45) is 1.28. The Morgan fingerprint density at radius 3 is 2.37 bits per heavy atom. The van der Waals surface area contributed by atoms with Gasteiger partial charge in [-0.2, -0.15) is 0 Å². The van der Waals surface area contributed by atoms with E-state index in [1.807, 2.05) is 12.1 Å². The van der Waals surface area contributed by atoms with Crippen molar-refractivity contribution in [2.24, 2.45) is 0 Å². The number of benzene rings is 2. The fourth-order valence-electron chi connectivity index (χ4n) is 5.18. The highest BCUT2D eigenvalue weighted by molar-refractivity contribution is 6.91. The molecule has 0 saturated carbocycles. The standard InChI is InChI=1S/C31H34N2OSi/c1-7-35(8-2,9-3)23-14-16-24(20(4)17-23)28-18-29(32-19-21(28)5)27-12-10-11-25-26-15-13-22(6)33-31(26)34-30(25)27/h10-19H,7-9H2,1-6H3/i4D3,5D3,6D3. The van der Waals surface area contributed by atoms with Crippen molar-refractivity contribution in [3.8, 4) is 22.4 Å². The molecule has 3 heterocycles. The zero-order valence-corrected chi connectivity index (χ0v) is 21.2. The summed E-state index contributed by atoms with van der Waals surface area (Å²) in [5.74, 6) is 0. The van der Waals surface area contributed by atoms with Gasteiger partial charge in [0.25, 0.3) is 0 Å². The number of hydrogen-bond donors (Lipinski definition) is 0. The van der Waals surface area contributed by atoms with E-state index in [4.69, 9.17) is 16.8 Å². The van der Waals surface area contributed by atoms with Crippen molar-refractivity contribution in [1.29, 1.82) is 0 Å². The Hall–Kier alpha value is -3.24. The molecule has 0 bridgehead atoms. The number of nitrogens with zero attached hydrogens (tertiary/aromatic N) is 2. The molecule has 0 saturated heterocycles. The van der Waals surface area contributed by atoms with Crippen LogP contribution in [0, 0.1) is 20.6 Å². The molecule has 5 aromatic rings. The van der Waals surface area contributed by atoms with Crippen LogP contribution in [0.15, 0.2) is 65.2 Å². The van der Waals surface area contributed by atoms with Gasteiger partial charge in [0.15, 0.2) is 0 Å². The number of aromatic nitrogens is 2. The molecule has 178 valence electrons. The molecule has 35 heavy (non-hydrogen) atoms. The van der Waals surface area contributed by atoms with Gasteiger partial charge in [-0.3, -0.25) is 4.98 Å². The number of aryl methyl sites for hydroxylation is 3. The van der Waals surface area contributed by atoms with E-state index in [2.05, 4.69) is 30.7 Å². The predicted molar refractivity (Wildman–Crippen MR) is 151 cm³/mol. The summed E-state index contributed by atoms with van der Waals surface area (Å²) in [6.45, 7) is -0.976. The van der Waals surface area contributed by atoms with Crippen molar-refractivity contribution >= 4 is 35.3 Å². The highest BCUT2D eigenvalue weighted by atomic mass is 28.3. The fraction of sp³-hybridized carbons (Fsp3) is 0.290. The van der Waals surface area contributed by atoms with Gasteiger partial charge < -0.3 is 4.42 Å². The van der Waals surface area contributed by atoms with Crippen LogP contribution in [0.5, 0.6) is 0 Å². The monoisotopic (exact) mass is 487 g/mol. The average molecular weight is 488 g/mol. The zero-order valence-electron chi connectivity index (χ0n) is 29.2. The smallest absolute Gasteiger partial charge is 0.227 e. The van der Waals surface area contributed by atoms with Crippen LogP contribution < -0.4 is 5.19 Å². The molecule has 0 fully saturated rings. The van der Waals surface area contributed by atoms with Gasteiger partial charge in [-0.25, -0.2) is 4.98 Å². The summed E-state index contributed by atoms with van der Waals surface area (Å²) in [6, 6.07) is 18.6. The quantitative estimate of drug-likeness (QED) is 0.226. The van der Waals surface area contributed by atoms with E-state index in [1.165, 1.54) is 12.3 Å². The summed E-state index contributed by atoms with van der Waals surface area (Å²) in [5, 5.41) is 2.38. The highest BCUT2D eigenvalue weighted by Crippen LogP contribution is 2.37. The highest BCUT2D eigenvalue weighted by Gasteiger charge is 2.29. The maximum atomic E-state index is 8.44. The first kappa shape index (κ1) is 15.0. The molecule has 0 atom stereocenters. The Kier molecular flexibility index (Phi) is 3.89. The number of fused-ring (bicyclic) bond motifs is 3. The number of pyridine rings is 2. The summed E-state index contributed by atoms with van der Waals surface area (Å²) in [5.41, 5.74) is 2.07. The average Bonchev–Trinajstić information content (AvgIpc) is 3.35. The van der Waals surface area contributed by atoms with Gasteiger partial charge in [0.1, 0.15) is 5.58 Å². The molecule has 0 unspecified atom stereocenters. The van der Waals surface area contributed by atoms with Crippen molar-refractivity contribution in [3.05, 3.63) is 77.6 Å². The van der Waals surface area contributed by atoms with Gasteiger partial charge in [-0.15, -0.1) is 0 Å². The third-order valence-corrected chi connectivity index (χ3v) is 13.1. The molecule has 0 N–H and O–H groups in total. The van der Waals surface area contributed by atoms with Crippen molar-refractivity contribution in [3.63, 3.8) is 0 Å². The van der Waals surface area contributed by atoms with Crippen LogP contribution in [0.1, 0.15) is 49.9 Å². The second-order valence-electron chi connectivity index (χ2n) is 9.05. The topological polar surface area (TPSA) is 38.9 Å². The van der Waals surface area contributed by atoms with Crippen molar-refractivity contribution in [2.45, 2.75) is 59.5 Å². The van der Waals surface area contributed by atoms with Crippen molar-refractivity contribution in [1.82, 2.24) is 9.97 Å². The van der Waals surface area contributed by atoms with E-state index in [0.717, 1.165) is 23.3 Å². The van der Waals surface area contributed by atoms with E-state index in [1.54, 1.807) is 36.4 Å². The van der Waals surface area contributed by atoms with Crippen molar-refractivity contribution in [2.75, 3.05) is 0 Å². The van der Waals surface area contributed by atoms with Crippen molar-refractivity contribution < 1.29 is 16.8 Å². The Balaban J connectivity index is 1.77. The van der Waals surface area contributed by atoms with Gasteiger partial charge in [-0.05, 0) is 67.1 Å². The first-order valence-electron chi connectivity index (χ1n) is 16.5. The number of furan rings is 1. The molecule has 4 heteroatoms. The van der Waals surface area contributed by atoms with Crippen LogP contribution in [0.25, 0.3) is 44.5 Å². The molecule has 0 aliphatic carbocycles. The number of hydrogen-bond acceptors (Lipinski definition) is 3. The third-order valence-electron chi connectivity index (χ3n) is 7.50. The maximum Gasteiger partial charge on any atom is 0.227 e. The SMILES string of the molecule is [2H]C([2H])([2H])c1ccc2c(n1)oc1c(-c3cc(-c4ccc([Si](CC)(CC)CC)cc4C([2H])([2H])[2H])c(C([2H])([2H])[2H])cn3)cccc12. The lowest BCUT2D eigenvalue weighted by Crippen LogP contribution is -2.45. The zero-order chi connectivity index (χ0) is 32.2. The van der Waals surface area contributed by atoms with Gasteiger partial charge >= 0.3 is 0 Å². The molecular weight excluding hydrogens is 444 g/mol. The van der Waals surface area contributed by atoms with E-state index in [9.17, 15) is 0 Å². The molecule has 0 aliphatic rings. The summed E-state index contributed by atoms with van der Waals surface area (Å²) < 4.78 is 79.3. The molecule has 3 aromatic heterocycles. The molecule has 0 aliphatic heterocycles. The van der Waals surface area contributed by atoms with Gasteiger partial charge in [0.05, 0.1) is 13.8 Å².